The fraction of sp³-hybridized carbons (Fsp3) is 0.455. The molecule has 0 aromatic carbocycles. The normalized spacial score (nSPS) is 26.5. The van der Waals surface area contributed by atoms with Gasteiger partial charge in [0, 0.05) is 12.6 Å². The summed E-state index contributed by atoms with van der Waals surface area (Å²) in [6.07, 6.45) is 0.949. The Hall–Kier alpha value is -1.59. The average molecular weight is 314 g/mol. The molecule has 10 heteroatoms. The first-order chi connectivity index (χ1) is 9.91. The van der Waals surface area contributed by atoms with Crippen LogP contribution in [0.3, 0.4) is 0 Å². The summed E-state index contributed by atoms with van der Waals surface area (Å²) in [4.78, 5) is 7.74. The second-order valence-corrected chi connectivity index (χ2v) is 6.28. The number of hydrogen-bond donors (Lipinski definition) is 3. The second-order valence-electron chi connectivity index (χ2n) is 4.80. The number of aliphatic hydroxyl groups is 2. The quantitative estimate of drug-likeness (QED) is 0.599. The van der Waals surface area contributed by atoms with Crippen LogP contribution in [-0.2, 0) is 14.8 Å². The van der Waals surface area contributed by atoms with Gasteiger partial charge in [0.2, 0.25) is 0 Å². The second kappa shape index (κ2) is 5.00. The lowest BCUT2D eigenvalue weighted by atomic mass is 10.2. The molecular weight excluding hydrogens is 300 g/mol. The topological polar surface area (TPSA) is 141 Å². The molecule has 0 aliphatic carbocycles. The molecule has 3 rings (SSSR count). The van der Waals surface area contributed by atoms with Gasteiger partial charge in [-0.05, 0) is 6.07 Å². The molecule has 0 bridgehead atoms. The van der Waals surface area contributed by atoms with E-state index in [1.165, 1.54) is 6.07 Å². The van der Waals surface area contributed by atoms with Crippen LogP contribution in [0.1, 0.15) is 12.6 Å². The van der Waals surface area contributed by atoms with Crippen molar-refractivity contribution < 1.29 is 23.4 Å². The SMILES string of the molecule is NS(=O)(=O)c1ncnc2c1ccn2[C@@H]1C[C@H](O)[C@@H](CO)O1. The van der Waals surface area contributed by atoms with Gasteiger partial charge in [0.05, 0.1) is 18.1 Å². The van der Waals surface area contributed by atoms with E-state index in [1.807, 2.05) is 0 Å². The van der Waals surface area contributed by atoms with Gasteiger partial charge in [-0.1, -0.05) is 0 Å². The zero-order valence-corrected chi connectivity index (χ0v) is 11.6. The van der Waals surface area contributed by atoms with Crippen molar-refractivity contribution >= 4 is 21.1 Å². The molecule has 1 fully saturated rings. The van der Waals surface area contributed by atoms with Crippen LogP contribution in [0.25, 0.3) is 11.0 Å². The van der Waals surface area contributed by atoms with E-state index < -0.39 is 28.5 Å². The summed E-state index contributed by atoms with van der Waals surface area (Å²) < 4.78 is 30.1. The Labute approximate surface area is 120 Å². The molecule has 0 saturated carbocycles. The average Bonchev–Trinajstić information content (AvgIpc) is 3.00. The standard InChI is InChI=1S/C11H14N4O5S/c12-21(18,19)11-6-1-2-15(10(6)13-5-14-11)9-3-7(17)8(4-16)20-9/h1-2,5,7-9,16-17H,3-4H2,(H2,12,18,19)/t7-,8+,9-/m0/s1. The molecule has 0 radical (unpaired) electrons. The Balaban J connectivity index is 2.07. The van der Waals surface area contributed by atoms with E-state index in [1.54, 1.807) is 10.8 Å². The number of primary sulfonamides is 1. The molecule has 2 aromatic heterocycles. The third kappa shape index (κ3) is 2.40. The lowest BCUT2D eigenvalue weighted by molar-refractivity contribution is -0.0430. The van der Waals surface area contributed by atoms with Crippen LogP contribution in [0.15, 0.2) is 23.6 Å². The van der Waals surface area contributed by atoms with Gasteiger partial charge in [0.1, 0.15) is 24.3 Å². The molecule has 2 aromatic rings. The first-order valence-corrected chi connectivity index (χ1v) is 7.75. The number of ether oxygens (including phenoxy) is 1. The van der Waals surface area contributed by atoms with Crippen molar-refractivity contribution in [3.8, 4) is 0 Å². The minimum atomic E-state index is -3.96. The number of fused-ring (bicyclic) bond motifs is 1. The van der Waals surface area contributed by atoms with Crippen molar-refractivity contribution in [3.05, 3.63) is 18.6 Å². The van der Waals surface area contributed by atoms with Crippen molar-refractivity contribution in [2.75, 3.05) is 6.61 Å². The fourth-order valence-corrected chi connectivity index (χ4v) is 3.12. The minimum absolute atomic E-state index is 0.261. The van der Waals surface area contributed by atoms with Gasteiger partial charge in [-0.15, -0.1) is 0 Å². The lowest BCUT2D eigenvalue weighted by Crippen LogP contribution is -2.24. The summed E-state index contributed by atoms with van der Waals surface area (Å²) in [5.41, 5.74) is 0.338. The molecule has 1 aliphatic rings. The molecule has 3 atom stereocenters. The van der Waals surface area contributed by atoms with E-state index in [0.717, 1.165) is 6.33 Å². The van der Waals surface area contributed by atoms with Gasteiger partial charge in [0.25, 0.3) is 10.0 Å². The molecule has 3 heterocycles. The number of nitrogens with zero attached hydrogens (tertiary/aromatic N) is 3. The number of rotatable bonds is 3. The molecule has 1 saturated heterocycles. The summed E-state index contributed by atoms with van der Waals surface area (Å²) in [7, 11) is -3.96. The molecule has 21 heavy (non-hydrogen) atoms. The van der Waals surface area contributed by atoms with Crippen molar-refractivity contribution in [1.29, 1.82) is 0 Å². The van der Waals surface area contributed by atoms with E-state index >= 15 is 0 Å². The maximum Gasteiger partial charge on any atom is 0.256 e. The highest BCUT2D eigenvalue weighted by Crippen LogP contribution is 2.32. The van der Waals surface area contributed by atoms with Gasteiger partial charge < -0.3 is 19.5 Å². The maximum atomic E-state index is 11.5. The van der Waals surface area contributed by atoms with Gasteiger partial charge in [0.15, 0.2) is 5.03 Å². The molecule has 0 amide bonds. The van der Waals surface area contributed by atoms with Crippen molar-refractivity contribution in [2.45, 2.75) is 29.9 Å². The predicted molar refractivity (Wildman–Crippen MR) is 70.5 cm³/mol. The molecule has 0 unspecified atom stereocenters. The van der Waals surface area contributed by atoms with Crippen LogP contribution < -0.4 is 5.14 Å². The third-order valence-electron chi connectivity index (χ3n) is 3.44. The zero-order chi connectivity index (χ0) is 15.2. The molecule has 9 nitrogen and oxygen atoms in total. The Kier molecular flexibility index (Phi) is 3.42. The summed E-state index contributed by atoms with van der Waals surface area (Å²) in [5.74, 6) is 0. The van der Waals surface area contributed by atoms with Crippen molar-refractivity contribution in [3.63, 3.8) is 0 Å². The highest BCUT2D eigenvalue weighted by atomic mass is 32.2. The summed E-state index contributed by atoms with van der Waals surface area (Å²) >= 11 is 0. The van der Waals surface area contributed by atoms with Gasteiger partial charge in [-0.3, -0.25) is 0 Å². The molecule has 4 N–H and O–H groups in total. The largest absolute Gasteiger partial charge is 0.394 e. The fourth-order valence-electron chi connectivity index (χ4n) is 2.46. The van der Waals surface area contributed by atoms with Crippen LogP contribution >= 0.6 is 0 Å². The molecule has 1 aliphatic heterocycles. The monoisotopic (exact) mass is 314 g/mol. The Bertz CT molecular complexity index is 774. The van der Waals surface area contributed by atoms with E-state index in [-0.39, 0.29) is 23.4 Å². The molecule has 114 valence electrons. The van der Waals surface area contributed by atoms with Crippen LogP contribution in [0, 0.1) is 0 Å². The van der Waals surface area contributed by atoms with E-state index in [9.17, 15) is 13.5 Å². The van der Waals surface area contributed by atoms with Gasteiger partial charge in [-0.25, -0.2) is 23.5 Å². The first-order valence-electron chi connectivity index (χ1n) is 6.20. The molecular formula is C11H14N4O5S. The predicted octanol–water partition coefficient (Wildman–Crippen LogP) is -1.28. The summed E-state index contributed by atoms with van der Waals surface area (Å²) in [5, 5.41) is 24.0. The maximum absolute atomic E-state index is 11.5. The van der Waals surface area contributed by atoms with Crippen LogP contribution in [0.4, 0.5) is 0 Å². The van der Waals surface area contributed by atoms with E-state index in [2.05, 4.69) is 9.97 Å². The van der Waals surface area contributed by atoms with E-state index in [4.69, 9.17) is 15.0 Å². The van der Waals surface area contributed by atoms with Crippen LogP contribution in [-0.4, -0.2) is 52.0 Å². The smallest absolute Gasteiger partial charge is 0.256 e. The number of aromatic nitrogens is 3. The number of sulfonamides is 1. The van der Waals surface area contributed by atoms with E-state index in [0.29, 0.717) is 5.65 Å². The number of hydrogen-bond acceptors (Lipinski definition) is 7. The Morgan fingerprint density at radius 3 is 2.86 bits per heavy atom. The highest BCUT2D eigenvalue weighted by Gasteiger charge is 2.35. The molecule has 0 spiro atoms. The summed E-state index contributed by atoms with van der Waals surface area (Å²) in [6.45, 7) is -0.297. The number of nitrogens with two attached hydrogens (primary N) is 1. The van der Waals surface area contributed by atoms with Crippen LogP contribution in [0.5, 0.6) is 0 Å². The lowest BCUT2D eigenvalue weighted by Gasteiger charge is -2.14. The number of aliphatic hydroxyl groups excluding tert-OH is 2. The first kappa shape index (κ1) is 14.4. The van der Waals surface area contributed by atoms with Gasteiger partial charge in [-0.2, -0.15) is 0 Å². The van der Waals surface area contributed by atoms with Crippen molar-refractivity contribution in [2.24, 2.45) is 5.14 Å². The highest BCUT2D eigenvalue weighted by molar-refractivity contribution is 7.89. The third-order valence-corrected chi connectivity index (χ3v) is 4.30. The van der Waals surface area contributed by atoms with Crippen molar-refractivity contribution in [1.82, 2.24) is 14.5 Å². The van der Waals surface area contributed by atoms with Gasteiger partial charge >= 0.3 is 0 Å². The summed E-state index contributed by atoms with van der Waals surface area (Å²) in [6, 6.07) is 1.52. The van der Waals surface area contributed by atoms with Crippen LogP contribution in [0.2, 0.25) is 0 Å². The zero-order valence-electron chi connectivity index (χ0n) is 10.8. The Morgan fingerprint density at radius 1 is 1.48 bits per heavy atom. The minimum Gasteiger partial charge on any atom is -0.394 e. The Morgan fingerprint density at radius 2 is 2.24 bits per heavy atom.